The van der Waals surface area contributed by atoms with E-state index in [1.165, 1.54) is 0 Å². The van der Waals surface area contributed by atoms with E-state index in [1.54, 1.807) is 18.6 Å². The summed E-state index contributed by atoms with van der Waals surface area (Å²) in [6, 6.07) is 16.4. The maximum atomic E-state index is 12.4. The normalized spacial score (nSPS) is 10.4. The second-order valence-corrected chi connectivity index (χ2v) is 8.86. The van der Waals surface area contributed by atoms with E-state index in [0.717, 1.165) is 37.1 Å². The van der Waals surface area contributed by atoms with Crippen LogP contribution in [0.5, 0.6) is 0 Å². The molecule has 4 aromatic rings. The van der Waals surface area contributed by atoms with Crippen LogP contribution in [0.4, 0.5) is 27.8 Å². The number of aromatic nitrogens is 3. The molecule has 0 saturated heterocycles. The third kappa shape index (κ3) is 6.27. The van der Waals surface area contributed by atoms with Crippen LogP contribution in [-0.2, 0) is 0 Å². The molecule has 2 aromatic carbocycles. The minimum atomic E-state index is -0.407. The van der Waals surface area contributed by atoms with Gasteiger partial charge in [-0.05, 0) is 61.0 Å². The number of anilines is 4. The smallest absolute Gasteiger partial charge is 0.324 e. The number of nitrogens with zero attached hydrogens (tertiary/aromatic N) is 3. The van der Waals surface area contributed by atoms with Gasteiger partial charge in [0.15, 0.2) is 0 Å². The highest BCUT2D eigenvalue weighted by atomic mass is 79.9. The fourth-order valence-electron chi connectivity index (χ4n) is 2.97. The van der Waals surface area contributed by atoms with E-state index in [2.05, 4.69) is 68.3 Å². The molecule has 4 rings (SSSR count). The average Bonchev–Trinajstić information content (AvgIpc) is 2.80. The molecule has 0 spiro atoms. The molecule has 4 N–H and O–H groups in total. The predicted octanol–water partition coefficient (Wildman–Crippen LogP) is 6.26. The van der Waals surface area contributed by atoms with Crippen LogP contribution in [0.3, 0.4) is 0 Å². The number of aryl methyl sites for hydroxylation is 1. The van der Waals surface area contributed by atoms with Gasteiger partial charge in [0, 0.05) is 44.5 Å². The van der Waals surface area contributed by atoms with Gasteiger partial charge in [0.1, 0.15) is 0 Å². The minimum absolute atomic E-state index is 0.407. The van der Waals surface area contributed by atoms with Crippen LogP contribution >= 0.6 is 31.9 Å². The summed E-state index contributed by atoms with van der Waals surface area (Å²) in [7, 11) is 0. The van der Waals surface area contributed by atoms with Gasteiger partial charge in [-0.15, -0.1) is 0 Å². The molecule has 2 amide bonds. The van der Waals surface area contributed by atoms with Crippen molar-refractivity contribution < 1.29 is 4.79 Å². The van der Waals surface area contributed by atoms with Crippen molar-refractivity contribution in [3.05, 3.63) is 87.7 Å². The van der Waals surface area contributed by atoms with E-state index in [9.17, 15) is 4.79 Å². The monoisotopic (exact) mass is 567 g/mol. The predicted molar refractivity (Wildman–Crippen MR) is 137 cm³/mol. The number of pyridine rings is 1. The van der Waals surface area contributed by atoms with Gasteiger partial charge >= 0.3 is 6.03 Å². The van der Waals surface area contributed by atoms with E-state index >= 15 is 0 Å². The number of hydrogen-bond donors (Lipinski definition) is 4. The van der Waals surface area contributed by atoms with E-state index < -0.39 is 6.03 Å². The Morgan fingerprint density at radius 3 is 2.52 bits per heavy atom. The van der Waals surface area contributed by atoms with E-state index in [0.29, 0.717) is 11.6 Å². The van der Waals surface area contributed by atoms with Gasteiger partial charge in [0.2, 0.25) is 5.95 Å². The van der Waals surface area contributed by atoms with Crippen molar-refractivity contribution in [3.8, 4) is 11.3 Å². The zero-order valence-corrected chi connectivity index (χ0v) is 20.6. The van der Waals surface area contributed by atoms with Crippen LogP contribution < -0.4 is 21.5 Å². The molecule has 33 heavy (non-hydrogen) atoms. The Morgan fingerprint density at radius 2 is 1.76 bits per heavy atom. The molecule has 0 saturated carbocycles. The Bertz CT molecular complexity index is 1260. The molecule has 0 fully saturated rings. The van der Waals surface area contributed by atoms with E-state index in [4.69, 9.17) is 0 Å². The van der Waals surface area contributed by atoms with Gasteiger partial charge in [-0.2, -0.15) is 0 Å². The molecule has 166 valence electrons. The molecule has 8 nitrogen and oxygen atoms in total. The highest BCUT2D eigenvalue weighted by molar-refractivity contribution is 9.11. The summed E-state index contributed by atoms with van der Waals surface area (Å²) in [6.45, 7) is 1.96. The Hall–Kier alpha value is -3.50. The third-order valence-electron chi connectivity index (χ3n) is 4.54. The molecular formula is C23H19Br2N7O. The second-order valence-electron chi connectivity index (χ2n) is 7.02. The summed E-state index contributed by atoms with van der Waals surface area (Å²) in [6.07, 6.45) is 5.16. The van der Waals surface area contributed by atoms with Crippen molar-refractivity contribution in [1.82, 2.24) is 20.4 Å². The topological polar surface area (TPSA) is 104 Å². The molecule has 0 radical (unpaired) electrons. The minimum Gasteiger partial charge on any atom is -0.324 e. The highest BCUT2D eigenvalue weighted by Gasteiger charge is 2.08. The lowest BCUT2D eigenvalue weighted by Crippen LogP contribution is -2.33. The number of hydrogen-bond acceptors (Lipinski definition) is 6. The number of amides is 2. The SMILES string of the molecule is Cc1ccc(NC(=O)NNc2cc(Br)cc(Br)c2)cc1Nc1nccc(-c2cccnc2)n1. The summed E-state index contributed by atoms with van der Waals surface area (Å²) in [5.74, 6) is 0.447. The second kappa shape index (κ2) is 10.4. The molecule has 0 aliphatic carbocycles. The standard InChI is InChI=1S/C23H19Br2N7O/c1-14-4-5-18(28-23(33)32-31-19-10-16(24)9-17(25)11-19)12-21(14)30-22-27-8-6-20(29-22)15-3-2-7-26-13-15/h2-13,31H,1H3,(H,27,29,30)(H2,28,32,33). The first-order valence-corrected chi connectivity index (χ1v) is 11.4. The third-order valence-corrected chi connectivity index (χ3v) is 5.45. The zero-order chi connectivity index (χ0) is 23.2. The van der Waals surface area contributed by atoms with Gasteiger partial charge in [0.25, 0.3) is 0 Å². The molecule has 0 unspecified atom stereocenters. The lowest BCUT2D eigenvalue weighted by Gasteiger charge is -2.13. The number of halogens is 2. The van der Waals surface area contributed by atoms with Crippen molar-refractivity contribution in [3.63, 3.8) is 0 Å². The molecule has 0 bridgehead atoms. The van der Waals surface area contributed by atoms with Crippen LogP contribution in [0.1, 0.15) is 5.56 Å². The zero-order valence-electron chi connectivity index (χ0n) is 17.4. The fraction of sp³-hybridized carbons (Fsp3) is 0.0435. The molecule has 0 atom stereocenters. The van der Waals surface area contributed by atoms with Gasteiger partial charge in [-0.1, -0.05) is 37.9 Å². The molecule has 0 aliphatic rings. The van der Waals surface area contributed by atoms with Gasteiger partial charge in [0.05, 0.1) is 11.4 Å². The van der Waals surface area contributed by atoms with Crippen molar-refractivity contribution in [2.45, 2.75) is 6.92 Å². The van der Waals surface area contributed by atoms with Gasteiger partial charge in [-0.25, -0.2) is 14.8 Å². The maximum Gasteiger partial charge on any atom is 0.337 e. The van der Waals surface area contributed by atoms with Crippen LogP contribution in [-0.4, -0.2) is 21.0 Å². The number of rotatable bonds is 6. The van der Waals surface area contributed by atoms with Crippen LogP contribution in [0, 0.1) is 6.92 Å². The molecule has 0 aliphatic heterocycles. The first-order valence-electron chi connectivity index (χ1n) is 9.86. The number of carbonyl (C=O) groups is 1. The first-order chi connectivity index (χ1) is 16.0. The van der Waals surface area contributed by atoms with Crippen molar-refractivity contribution >= 4 is 60.9 Å². The van der Waals surface area contributed by atoms with Crippen LogP contribution in [0.15, 0.2) is 82.1 Å². The molecular weight excluding hydrogens is 550 g/mol. The summed E-state index contributed by atoms with van der Waals surface area (Å²) in [5.41, 5.74) is 10.2. The Kier molecular flexibility index (Phi) is 7.16. The maximum absolute atomic E-state index is 12.4. The van der Waals surface area contributed by atoms with E-state index in [1.807, 2.05) is 61.5 Å². The molecule has 2 aromatic heterocycles. The number of carbonyl (C=O) groups excluding carboxylic acids is 1. The number of hydrazine groups is 1. The Balaban J connectivity index is 1.43. The van der Waals surface area contributed by atoms with Gasteiger partial charge < -0.3 is 10.6 Å². The number of nitrogens with one attached hydrogen (secondary N) is 4. The van der Waals surface area contributed by atoms with Crippen molar-refractivity contribution in [2.75, 3.05) is 16.1 Å². The van der Waals surface area contributed by atoms with Gasteiger partial charge in [-0.3, -0.25) is 15.8 Å². The molecule has 2 heterocycles. The summed E-state index contributed by atoms with van der Waals surface area (Å²) >= 11 is 6.83. The van der Waals surface area contributed by atoms with E-state index in [-0.39, 0.29) is 0 Å². The van der Waals surface area contributed by atoms with Crippen LogP contribution in [0.2, 0.25) is 0 Å². The average molecular weight is 569 g/mol. The highest BCUT2D eigenvalue weighted by Crippen LogP contribution is 2.25. The lowest BCUT2D eigenvalue weighted by molar-refractivity contribution is 0.254. The summed E-state index contributed by atoms with van der Waals surface area (Å²) < 4.78 is 1.76. The van der Waals surface area contributed by atoms with Crippen LogP contribution in [0.25, 0.3) is 11.3 Å². The number of benzene rings is 2. The first kappa shape index (κ1) is 22.7. The largest absolute Gasteiger partial charge is 0.337 e. The number of urea groups is 1. The van der Waals surface area contributed by atoms with Crippen molar-refractivity contribution in [1.29, 1.82) is 0 Å². The lowest BCUT2D eigenvalue weighted by atomic mass is 10.2. The summed E-state index contributed by atoms with van der Waals surface area (Å²) in [5, 5.41) is 6.03. The fourth-order valence-corrected chi connectivity index (χ4v) is 4.26. The Labute approximate surface area is 207 Å². The molecule has 10 heteroatoms. The Morgan fingerprint density at radius 1 is 0.939 bits per heavy atom. The quantitative estimate of drug-likeness (QED) is 0.205. The van der Waals surface area contributed by atoms with Crippen molar-refractivity contribution in [2.24, 2.45) is 0 Å². The summed E-state index contributed by atoms with van der Waals surface area (Å²) in [4.78, 5) is 25.4.